The fourth-order valence-corrected chi connectivity index (χ4v) is 2.73. The average Bonchev–Trinajstić information content (AvgIpc) is 2.65. The van der Waals surface area contributed by atoms with Crippen LogP contribution < -0.4 is 14.9 Å². The van der Waals surface area contributed by atoms with Gasteiger partial charge in [0.15, 0.2) is 0 Å². The van der Waals surface area contributed by atoms with E-state index in [1.165, 1.54) is 19.7 Å². The van der Waals surface area contributed by atoms with Crippen molar-refractivity contribution in [3.05, 3.63) is 41.1 Å². The molecule has 2 N–H and O–H groups in total. The second-order valence-electron chi connectivity index (χ2n) is 6.32. The normalized spacial score (nSPS) is 11.9. The number of benzene rings is 1. The molecule has 29 heavy (non-hydrogen) atoms. The van der Waals surface area contributed by atoms with Crippen LogP contribution in [0.5, 0.6) is 0 Å². The molecule has 0 bridgehead atoms. The number of anilines is 3. The molecule has 162 valence electrons. The summed E-state index contributed by atoms with van der Waals surface area (Å²) < 4.78 is 52.9. The topological polar surface area (TPSA) is 70.2 Å². The third kappa shape index (κ3) is 7.19. The van der Waals surface area contributed by atoms with Crippen LogP contribution >= 0.6 is 0 Å². The van der Waals surface area contributed by atoms with E-state index < -0.39 is 22.7 Å². The zero-order valence-corrected chi connectivity index (χ0v) is 18.3. The Morgan fingerprint density at radius 2 is 1.86 bits per heavy atom. The van der Waals surface area contributed by atoms with Crippen molar-refractivity contribution in [2.75, 3.05) is 35.3 Å². The van der Waals surface area contributed by atoms with Gasteiger partial charge in [-0.15, -0.1) is 0 Å². The van der Waals surface area contributed by atoms with E-state index in [-0.39, 0.29) is 18.3 Å². The predicted molar refractivity (Wildman–Crippen MR) is 114 cm³/mol. The molecule has 2 rings (SSSR count). The van der Waals surface area contributed by atoms with Crippen molar-refractivity contribution in [3.8, 4) is 0 Å². The monoisotopic (exact) mass is 431 g/mol. The highest BCUT2D eigenvalue weighted by molar-refractivity contribution is 7.85. The van der Waals surface area contributed by atoms with Crippen LogP contribution in [0.25, 0.3) is 0 Å². The van der Waals surface area contributed by atoms with Gasteiger partial charge in [0, 0.05) is 33.1 Å². The Bertz CT molecular complexity index is 830. The SMILES string of the molecule is CCC.CNc1ncc(C(F)(F)F)c(NCc2ccc(C)cc2N(C)S(C)=O)n1. The molecule has 0 saturated carbocycles. The summed E-state index contributed by atoms with van der Waals surface area (Å²) in [7, 11) is 1.93. The summed E-state index contributed by atoms with van der Waals surface area (Å²) in [5.74, 6) is -0.236. The Kier molecular flexibility index (Phi) is 9.35. The maximum absolute atomic E-state index is 13.2. The van der Waals surface area contributed by atoms with E-state index in [1.54, 1.807) is 17.4 Å². The zero-order chi connectivity index (χ0) is 22.2. The van der Waals surface area contributed by atoms with Crippen molar-refractivity contribution < 1.29 is 17.4 Å². The lowest BCUT2D eigenvalue weighted by atomic mass is 10.1. The lowest BCUT2D eigenvalue weighted by Gasteiger charge is -2.21. The van der Waals surface area contributed by atoms with E-state index in [0.717, 1.165) is 11.8 Å². The molecule has 0 fully saturated rings. The van der Waals surface area contributed by atoms with Crippen molar-refractivity contribution in [1.82, 2.24) is 9.97 Å². The molecule has 0 saturated heterocycles. The maximum atomic E-state index is 13.2. The molecular formula is C19H28F3N5OS. The fourth-order valence-electron chi connectivity index (χ4n) is 2.28. The summed E-state index contributed by atoms with van der Waals surface area (Å²) in [5.41, 5.74) is 1.38. The van der Waals surface area contributed by atoms with E-state index in [4.69, 9.17) is 0 Å². The summed E-state index contributed by atoms with van der Waals surface area (Å²) >= 11 is 0. The van der Waals surface area contributed by atoms with E-state index in [9.17, 15) is 17.4 Å². The first-order chi connectivity index (χ1) is 13.5. The van der Waals surface area contributed by atoms with Gasteiger partial charge >= 0.3 is 6.18 Å². The van der Waals surface area contributed by atoms with Gasteiger partial charge in [0.05, 0.1) is 5.69 Å². The molecular weight excluding hydrogens is 403 g/mol. The molecule has 2 aromatic rings. The molecule has 1 heterocycles. The molecule has 0 aliphatic rings. The number of nitrogens with one attached hydrogen (secondary N) is 2. The van der Waals surface area contributed by atoms with Crippen LogP contribution in [0.15, 0.2) is 24.4 Å². The van der Waals surface area contributed by atoms with Gasteiger partial charge in [-0.05, 0) is 24.1 Å². The van der Waals surface area contributed by atoms with Crippen LogP contribution in [0.3, 0.4) is 0 Å². The fraction of sp³-hybridized carbons (Fsp3) is 0.474. The van der Waals surface area contributed by atoms with Gasteiger partial charge < -0.3 is 10.6 Å². The van der Waals surface area contributed by atoms with E-state index in [0.29, 0.717) is 11.3 Å². The van der Waals surface area contributed by atoms with Crippen LogP contribution in [0, 0.1) is 6.92 Å². The molecule has 0 radical (unpaired) electrons. The first-order valence-electron chi connectivity index (χ1n) is 9.07. The van der Waals surface area contributed by atoms with Gasteiger partial charge in [-0.3, -0.25) is 4.31 Å². The summed E-state index contributed by atoms with van der Waals surface area (Å²) in [6.07, 6.45) is -1.05. The molecule has 1 aromatic heterocycles. The standard InChI is InChI=1S/C16H20F3N5OS.C3H8/c1-10-5-6-11(13(7-10)24(3)26(4)25)8-21-14-12(16(17,18)19)9-22-15(20-2)23-14;1-3-2/h5-7,9H,8H2,1-4H3,(H2,20,21,22,23);3H2,1-2H3. The molecule has 0 amide bonds. The Morgan fingerprint density at radius 3 is 2.38 bits per heavy atom. The number of halogens is 3. The molecule has 1 unspecified atom stereocenters. The number of hydrogen-bond donors (Lipinski definition) is 2. The largest absolute Gasteiger partial charge is 0.421 e. The van der Waals surface area contributed by atoms with E-state index in [1.807, 2.05) is 19.1 Å². The minimum absolute atomic E-state index is 0.0800. The highest BCUT2D eigenvalue weighted by atomic mass is 32.2. The minimum Gasteiger partial charge on any atom is -0.365 e. The van der Waals surface area contributed by atoms with Gasteiger partial charge in [-0.2, -0.15) is 18.2 Å². The third-order valence-electron chi connectivity index (χ3n) is 3.73. The van der Waals surface area contributed by atoms with Gasteiger partial charge in [0.2, 0.25) is 5.95 Å². The summed E-state index contributed by atoms with van der Waals surface area (Å²) in [6.45, 7) is 6.22. The van der Waals surface area contributed by atoms with Crippen LogP contribution in [-0.4, -0.2) is 34.5 Å². The molecule has 1 atom stereocenters. The second-order valence-corrected chi connectivity index (χ2v) is 7.71. The second kappa shape index (κ2) is 11.0. The van der Waals surface area contributed by atoms with Crippen LogP contribution in [0.2, 0.25) is 0 Å². The maximum Gasteiger partial charge on any atom is 0.421 e. The van der Waals surface area contributed by atoms with Crippen molar-refractivity contribution in [2.45, 2.75) is 39.9 Å². The Labute approximate surface area is 172 Å². The Morgan fingerprint density at radius 1 is 1.24 bits per heavy atom. The number of aryl methyl sites for hydroxylation is 1. The number of hydrogen-bond acceptors (Lipinski definition) is 5. The molecule has 0 aliphatic heterocycles. The molecule has 0 spiro atoms. The average molecular weight is 432 g/mol. The Hall–Kier alpha value is -2.36. The quantitative estimate of drug-likeness (QED) is 0.699. The Balaban J connectivity index is 0.00000132. The minimum atomic E-state index is -4.58. The van der Waals surface area contributed by atoms with Gasteiger partial charge in [-0.1, -0.05) is 32.4 Å². The summed E-state index contributed by atoms with van der Waals surface area (Å²) in [5, 5.41) is 5.35. The predicted octanol–water partition coefficient (Wildman–Crippen LogP) is 4.60. The zero-order valence-electron chi connectivity index (χ0n) is 17.5. The molecule has 1 aromatic carbocycles. The first kappa shape index (κ1) is 24.7. The van der Waals surface area contributed by atoms with Crippen molar-refractivity contribution in [2.24, 2.45) is 0 Å². The molecule has 0 aliphatic carbocycles. The molecule has 10 heteroatoms. The molecule has 6 nitrogen and oxygen atoms in total. The lowest BCUT2D eigenvalue weighted by Crippen LogP contribution is -2.21. The van der Waals surface area contributed by atoms with Crippen molar-refractivity contribution in [1.29, 1.82) is 0 Å². The highest BCUT2D eigenvalue weighted by Crippen LogP contribution is 2.34. The van der Waals surface area contributed by atoms with Crippen LogP contribution in [-0.2, 0) is 23.7 Å². The van der Waals surface area contributed by atoms with Gasteiger partial charge in [-0.25, -0.2) is 9.19 Å². The number of nitrogens with zero attached hydrogens (tertiary/aromatic N) is 3. The smallest absolute Gasteiger partial charge is 0.365 e. The van der Waals surface area contributed by atoms with Gasteiger partial charge in [0.25, 0.3) is 0 Å². The van der Waals surface area contributed by atoms with E-state index in [2.05, 4.69) is 34.4 Å². The van der Waals surface area contributed by atoms with Gasteiger partial charge in [0.1, 0.15) is 22.4 Å². The lowest BCUT2D eigenvalue weighted by molar-refractivity contribution is -0.137. The summed E-state index contributed by atoms with van der Waals surface area (Å²) in [4.78, 5) is 7.50. The number of alkyl halides is 3. The van der Waals surface area contributed by atoms with Crippen LogP contribution in [0.4, 0.5) is 30.6 Å². The summed E-state index contributed by atoms with van der Waals surface area (Å²) in [6, 6.07) is 5.47. The van der Waals surface area contributed by atoms with Crippen LogP contribution in [0.1, 0.15) is 37.0 Å². The first-order valence-corrected chi connectivity index (χ1v) is 10.6. The number of rotatable bonds is 6. The van der Waals surface area contributed by atoms with Crippen molar-refractivity contribution >= 4 is 28.4 Å². The third-order valence-corrected chi connectivity index (χ3v) is 4.70. The van der Waals surface area contributed by atoms with Crippen molar-refractivity contribution in [3.63, 3.8) is 0 Å². The van der Waals surface area contributed by atoms with E-state index >= 15 is 0 Å². The highest BCUT2D eigenvalue weighted by Gasteiger charge is 2.35. The number of aromatic nitrogens is 2.